The maximum absolute atomic E-state index is 11.4. The average Bonchev–Trinajstić information content (AvgIpc) is 2.34. The van der Waals surface area contributed by atoms with Crippen molar-refractivity contribution in [2.24, 2.45) is 0 Å². The molecule has 116 valence electrons. The number of alkyl carbamates (subject to hydrolysis) is 1. The monoisotopic (exact) mass is 279 g/mol. The Bertz CT molecular complexity index is 223. The van der Waals surface area contributed by atoms with Crippen LogP contribution < -0.4 is 5.32 Å². The third-order valence-electron chi connectivity index (χ3n) is 2.27. The summed E-state index contributed by atoms with van der Waals surface area (Å²) in [5.74, 6) is 0. The number of ether oxygens (including phenoxy) is 1. The zero-order chi connectivity index (χ0) is 15.5. The van der Waals surface area contributed by atoms with Gasteiger partial charge >= 0.3 is 6.09 Å². The molecule has 0 spiro atoms. The molecule has 0 saturated carbocycles. The lowest BCUT2D eigenvalue weighted by Gasteiger charge is -2.31. The Kier molecular flexibility index (Phi) is 10.8. The molecule has 0 bridgehead atoms. The largest absolute Gasteiger partial charge is 0.444 e. The van der Waals surface area contributed by atoms with E-state index in [1.807, 2.05) is 6.92 Å². The summed E-state index contributed by atoms with van der Waals surface area (Å²) in [5.41, 5.74) is -1.59. The first-order valence-electron chi connectivity index (χ1n) is 6.54. The van der Waals surface area contributed by atoms with Gasteiger partial charge in [0.2, 0.25) is 0 Å². The highest BCUT2D eigenvalue weighted by Gasteiger charge is 2.30. The van der Waals surface area contributed by atoms with Gasteiger partial charge in [-0.2, -0.15) is 0 Å². The number of hydrogen-bond donors (Lipinski definition) is 4. The molecule has 19 heavy (non-hydrogen) atoms. The van der Waals surface area contributed by atoms with Crippen LogP contribution in [-0.2, 0) is 4.74 Å². The summed E-state index contributed by atoms with van der Waals surface area (Å²) in [5, 5.41) is 28.5. The first-order chi connectivity index (χ1) is 8.70. The molecule has 0 aliphatic heterocycles. The topological polar surface area (TPSA) is 99.0 Å². The first-order valence-corrected chi connectivity index (χ1v) is 6.54. The summed E-state index contributed by atoms with van der Waals surface area (Å²) in [7, 11) is 0. The Hall–Kier alpha value is -0.850. The van der Waals surface area contributed by atoms with E-state index >= 15 is 0 Å². The SMILES string of the molecule is CCC(CO)(CO)NC(=O)OC(C)(C)C.CCCO. The van der Waals surface area contributed by atoms with Crippen molar-refractivity contribution in [2.75, 3.05) is 19.8 Å². The van der Waals surface area contributed by atoms with Gasteiger partial charge in [-0.3, -0.25) is 0 Å². The van der Waals surface area contributed by atoms with Gasteiger partial charge < -0.3 is 25.4 Å². The van der Waals surface area contributed by atoms with Gasteiger partial charge in [-0.05, 0) is 33.6 Å². The second-order valence-corrected chi connectivity index (χ2v) is 5.30. The lowest BCUT2D eigenvalue weighted by Crippen LogP contribution is -2.54. The highest BCUT2D eigenvalue weighted by atomic mass is 16.6. The Balaban J connectivity index is 0. The number of aliphatic hydroxyl groups excluding tert-OH is 3. The summed E-state index contributed by atoms with van der Waals surface area (Å²) in [6, 6.07) is 0. The van der Waals surface area contributed by atoms with Crippen LogP contribution in [0.2, 0.25) is 0 Å². The van der Waals surface area contributed by atoms with Gasteiger partial charge in [-0.15, -0.1) is 0 Å². The van der Waals surface area contributed by atoms with E-state index in [1.165, 1.54) is 0 Å². The molecule has 0 fully saturated rings. The maximum atomic E-state index is 11.4. The van der Waals surface area contributed by atoms with Crippen LogP contribution in [0.5, 0.6) is 0 Å². The summed E-state index contributed by atoms with van der Waals surface area (Å²) >= 11 is 0. The van der Waals surface area contributed by atoms with Gasteiger partial charge in [0, 0.05) is 6.61 Å². The quantitative estimate of drug-likeness (QED) is 0.602. The van der Waals surface area contributed by atoms with Crippen LogP contribution in [0.1, 0.15) is 47.5 Å². The minimum absolute atomic E-state index is 0.319. The van der Waals surface area contributed by atoms with Crippen molar-refractivity contribution < 1.29 is 24.9 Å². The van der Waals surface area contributed by atoms with E-state index in [0.29, 0.717) is 13.0 Å². The van der Waals surface area contributed by atoms with E-state index in [0.717, 1.165) is 6.42 Å². The maximum Gasteiger partial charge on any atom is 0.408 e. The number of nitrogens with one attached hydrogen (secondary N) is 1. The molecular weight excluding hydrogens is 250 g/mol. The van der Waals surface area contributed by atoms with Gasteiger partial charge in [0.15, 0.2) is 0 Å². The molecule has 0 aromatic heterocycles. The van der Waals surface area contributed by atoms with Gasteiger partial charge in [-0.1, -0.05) is 13.8 Å². The predicted octanol–water partition coefficient (Wildman–Crippen LogP) is 1.03. The molecular formula is C13H29NO5. The predicted molar refractivity (Wildman–Crippen MR) is 73.9 cm³/mol. The van der Waals surface area contributed by atoms with Crippen molar-refractivity contribution in [3.63, 3.8) is 0 Å². The molecule has 0 saturated heterocycles. The third kappa shape index (κ3) is 10.7. The van der Waals surface area contributed by atoms with Crippen LogP contribution in [0.15, 0.2) is 0 Å². The highest BCUT2D eigenvalue weighted by Crippen LogP contribution is 2.12. The Morgan fingerprint density at radius 1 is 1.11 bits per heavy atom. The van der Waals surface area contributed by atoms with Crippen LogP contribution in [-0.4, -0.2) is 52.4 Å². The molecule has 0 aliphatic rings. The zero-order valence-electron chi connectivity index (χ0n) is 12.7. The van der Waals surface area contributed by atoms with Crippen molar-refractivity contribution >= 4 is 6.09 Å². The molecule has 0 aromatic rings. The van der Waals surface area contributed by atoms with E-state index in [9.17, 15) is 4.79 Å². The average molecular weight is 279 g/mol. The molecule has 6 nitrogen and oxygen atoms in total. The van der Waals surface area contributed by atoms with Gasteiger partial charge in [-0.25, -0.2) is 4.79 Å². The minimum atomic E-state index is -0.998. The van der Waals surface area contributed by atoms with Crippen LogP contribution in [0.3, 0.4) is 0 Å². The Morgan fingerprint density at radius 2 is 1.53 bits per heavy atom. The van der Waals surface area contributed by atoms with Crippen LogP contribution in [0.4, 0.5) is 4.79 Å². The van der Waals surface area contributed by atoms with Crippen LogP contribution in [0.25, 0.3) is 0 Å². The fourth-order valence-electron chi connectivity index (χ4n) is 0.961. The molecule has 0 rings (SSSR count). The molecule has 1 amide bonds. The van der Waals surface area contributed by atoms with E-state index in [-0.39, 0.29) is 13.2 Å². The highest BCUT2D eigenvalue weighted by molar-refractivity contribution is 5.68. The molecule has 0 heterocycles. The smallest absolute Gasteiger partial charge is 0.408 e. The Labute approximate surface area is 115 Å². The Morgan fingerprint density at radius 3 is 1.74 bits per heavy atom. The van der Waals surface area contributed by atoms with E-state index in [1.54, 1.807) is 27.7 Å². The second kappa shape index (κ2) is 10.00. The fraction of sp³-hybridized carbons (Fsp3) is 0.923. The molecule has 4 N–H and O–H groups in total. The first kappa shape index (κ1) is 20.5. The molecule has 0 aliphatic carbocycles. The standard InChI is InChI=1S/C10H21NO4.C3H8O/c1-5-10(6-12,7-13)11-8(14)15-9(2,3)4;1-2-3-4/h12-13H,5-7H2,1-4H3,(H,11,14);4H,2-3H2,1H3. The van der Waals surface area contributed by atoms with Gasteiger partial charge in [0.1, 0.15) is 5.60 Å². The number of carbonyl (C=O) groups excluding carboxylic acids is 1. The number of aliphatic hydroxyl groups is 3. The zero-order valence-corrected chi connectivity index (χ0v) is 12.7. The van der Waals surface area contributed by atoms with Gasteiger partial charge in [0.05, 0.1) is 18.8 Å². The summed E-state index contributed by atoms with van der Waals surface area (Å²) in [6.07, 6.45) is 0.673. The van der Waals surface area contributed by atoms with Gasteiger partial charge in [0.25, 0.3) is 0 Å². The number of carbonyl (C=O) groups is 1. The van der Waals surface area contributed by atoms with Crippen molar-refractivity contribution in [1.29, 1.82) is 0 Å². The molecule has 0 atom stereocenters. The lowest BCUT2D eigenvalue weighted by molar-refractivity contribution is 0.0286. The molecule has 6 heteroatoms. The van der Waals surface area contributed by atoms with Crippen molar-refractivity contribution in [3.05, 3.63) is 0 Å². The summed E-state index contributed by atoms with van der Waals surface area (Å²) < 4.78 is 5.03. The summed E-state index contributed by atoms with van der Waals surface area (Å²) in [4.78, 5) is 11.4. The lowest BCUT2D eigenvalue weighted by atomic mass is 9.99. The third-order valence-corrected chi connectivity index (χ3v) is 2.27. The normalized spacial score (nSPS) is 11.4. The number of amides is 1. The number of rotatable bonds is 5. The molecule has 0 radical (unpaired) electrons. The van der Waals surface area contributed by atoms with E-state index in [4.69, 9.17) is 20.1 Å². The van der Waals surface area contributed by atoms with Crippen molar-refractivity contribution in [2.45, 2.75) is 58.6 Å². The number of hydrogen-bond acceptors (Lipinski definition) is 5. The molecule has 0 unspecified atom stereocenters. The van der Waals surface area contributed by atoms with Crippen molar-refractivity contribution in [3.8, 4) is 0 Å². The fourth-order valence-corrected chi connectivity index (χ4v) is 0.961. The van der Waals surface area contributed by atoms with Crippen LogP contribution >= 0.6 is 0 Å². The van der Waals surface area contributed by atoms with Crippen LogP contribution in [0, 0.1) is 0 Å². The van der Waals surface area contributed by atoms with E-state index < -0.39 is 17.2 Å². The minimum Gasteiger partial charge on any atom is -0.444 e. The van der Waals surface area contributed by atoms with Crippen molar-refractivity contribution in [1.82, 2.24) is 5.32 Å². The second-order valence-electron chi connectivity index (χ2n) is 5.30. The summed E-state index contributed by atoms with van der Waals surface area (Å²) in [6.45, 7) is 8.62. The molecule has 0 aromatic carbocycles. The van der Waals surface area contributed by atoms with E-state index in [2.05, 4.69) is 5.32 Å².